The number of hydrogen-bond acceptors (Lipinski definition) is 5. The van der Waals surface area contributed by atoms with Crippen molar-refractivity contribution < 1.29 is 19.4 Å². The fraction of sp³-hybridized carbons (Fsp3) is 0.720. The first-order valence-corrected chi connectivity index (χ1v) is 12.1. The van der Waals surface area contributed by atoms with E-state index in [2.05, 4.69) is 36.2 Å². The highest BCUT2D eigenvalue weighted by molar-refractivity contribution is 5.65. The lowest BCUT2D eigenvalue weighted by Crippen LogP contribution is -2.55. The van der Waals surface area contributed by atoms with Crippen molar-refractivity contribution in [2.24, 2.45) is 17.8 Å². The van der Waals surface area contributed by atoms with Gasteiger partial charge in [-0.15, -0.1) is 0 Å². The Labute approximate surface area is 192 Å². The number of amides is 1. The van der Waals surface area contributed by atoms with Crippen LogP contribution in [0.25, 0.3) is 0 Å². The zero-order chi connectivity index (χ0) is 22.8. The van der Waals surface area contributed by atoms with Gasteiger partial charge in [-0.2, -0.15) is 0 Å². The van der Waals surface area contributed by atoms with E-state index in [0.717, 1.165) is 56.9 Å². The number of carbonyl (C=O) groups is 1. The molecular weight excluding hydrogens is 406 g/mol. The molecule has 2 saturated heterocycles. The third kappa shape index (κ3) is 4.69. The van der Waals surface area contributed by atoms with Crippen LogP contribution in [0.3, 0.4) is 0 Å². The minimum atomic E-state index is -0.783. The lowest BCUT2D eigenvalue weighted by atomic mass is 9.71. The molecule has 0 bridgehead atoms. The minimum absolute atomic E-state index is 0.0564. The number of nitrogens with one attached hydrogen (secondary N) is 1. The van der Waals surface area contributed by atoms with Crippen LogP contribution < -0.4 is 14.8 Å². The first-order valence-electron chi connectivity index (χ1n) is 12.1. The minimum Gasteiger partial charge on any atom is -0.493 e. The molecule has 0 radical (unpaired) electrons. The molecule has 2 fully saturated rings. The van der Waals surface area contributed by atoms with E-state index in [1.54, 1.807) is 19.1 Å². The summed E-state index contributed by atoms with van der Waals surface area (Å²) in [4.78, 5) is 16.2. The second-order valence-corrected chi connectivity index (χ2v) is 10.1. The highest BCUT2D eigenvalue weighted by Gasteiger charge is 2.41. The van der Waals surface area contributed by atoms with Gasteiger partial charge in [0.25, 0.3) is 0 Å². The summed E-state index contributed by atoms with van der Waals surface area (Å²) in [5, 5.41) is 13.2. The molecule has 4 rings (SSSR count). The topological polar surface area (TPSA) is 74.3 Å². The van der Waals surface area contributed by atoms with E-state index in [-0.39, 0.29) is 6.04 Å². The largest absolute Gasteiger partial charge is 0.493 e. The SMILES string of the molecule is COc1cc2c(cc1OC)[C@H]1C[C@H](CC3CNCCN3C(=O)O)[C@H](CC(C)C)CN1CC2. The number of piperidine rings is 1. The molecule has 1 unspecified atom stereocenters. The summed E-state index contributed by atoms with van der Waals surface area (Å²) in [6.07, 6.45) is 3.45. The number of piperazine rings is 1. The van der Waals surface area contributed by atoms with Crippen LogP contribution in [0.5, 0.6) is 11.5 Å². The summed E-state index contributed by atoms with van der Waals surface area (Å²) >= 11 is 0. The molecule has 2 N–H and O–H groups in total. The fourth-order valence-electron chi connectivity index (χ4n) is 6.24. The zero-order valence-corrected chi connectivity index (χ0v) is 20.0. The number of nitrogens with zero attached hydrogens (tertiary/aromatic N) is 2. The molecule has 7 nitrogen and oxygen atoms in total. The number of fused-ring (bicyclic) bond motifs is 3. The van der Waals surface area contributed by atoms with Crippen LogP contribution in [0.1, 0.15) is 50.3 Å². The monoisotopic (exact) mass is 445 g/mol. The summed E-state index contributed by atoms with van der Waals surface area (Å²) in [5.41, 5.74) is 2.72. The summed E-state index contributed by atoms with van der Waals surface area (Å²) in [5.74, 6) is 3.34. The van der Waals surface area contributed by atoms with Crippen molar-refractivity contribution in [2.75, 3.05) is 46.9 Å². The second kappa shape index (κ2) is 9.87. The van der Waals surface area contributed by atoms with Gasteiger partial charge in [0.15, 0.2) is 11.5 Å². The molecule has 0 aliphatic carbocycles. The van der Waals surface area contributed by atoms with E-state index in [9.17, 15) is 9.90 Å². The van der Waals surface area contributed by atoms with Crippen LogP contribution in [0.15, 0.2) is 12.1 Å². The number of hydrogen-bond donors (Lipinski definition) is 2. The number of methoxy groups -OCH3 is 2. The molecule has 3 heterocycles. The molecule has 7 heteroatoms. The molecule has 1 amide bonds. The molecule has 1 aromatic rings. The van der Waals surface area contributed by atoms with E-state index >= 15 is 0 Å². The Morgan fingerprint density at radius 2 is 1.94 bits per heavy atom. The van der Waals surface area contributed by atoms with E-state index in [0.29, 0.717) is 30.3 Å². The molecule has 3 aliphatic heterocycles. The Balaban J connectivity index is 1.60. The van der Waals surface area contributed by atoms with Crippen LogP contribution >= 0.6 is 0 Å². The van der Waals surface area contributed by atoms with Gasteiger partial charge >= 0.3 is 6.09 Å². The maximum Gasteiger partial charge on any atom is 0.407 e. The van der Waals surface area contributed by atoms with E-state index in [1.165, 1.54) is 17.5 Å². The van der Waals surface area contributed by atoms with Crippen LogP contribution in [0.2, 0.25) is 0 Å². The lowest BCUT2D eigenvalue weighted by molar-refractivity contribution is 0.0239. The predicted molar refractivity (Wildman–Crippen MR) is 125 cm³/mol. The lowest BCUT2D eigenvalue weighted by Gasteiger charge is -2.49. The third-order valence-corrected chi connectivity index (χ3v) is 7.72. The van der Waals surface area contributed by atoms with E-state index in [1.807, 2.05) is 0 Å². The average Bonchev–Trinajstić information content (AvgIpc) is 2.78. The van der Waals surface area contributed by atoms with Gasteiger partial charge in [-0.3, -0.25) is 4.90 Å². The molecule has 178 valence electrons. The van der Waals surface area contributed by atoms with Crippen molar-refractivity contribution >= 4 is 6.09 Å². The quantitative estimate of drug-likeness (QED) is 0.697. The highest BCUT2D eigenvalue weighted by atomic mass is 16.5. The second-order valence-electron chi connectivity index (χ2n) is 10.1. The van der Waals surface area contributed by atoms with Gasteiger partial charge in [0.2, 0.25) is 0 Å². The number of benzene rings is 1. The first-order chi connectivity index (χ1) is 15.4. The molecule has 0 aromatic heterocycles. The standard InChI is InChI=1S/C25H39N3O4/c1-16(2)9-19-15-27-7-5-17-12-23(31-3)24(32-4)13-21(17)22(27)11-18(19)10-20-14-26-6-8-28(20)25(29)30/h12-13,16,18-20,22,26H,5-11,14-15H2,1-4H3,(H,29,30)/t18-,19+,20?,22+/m0/s1. The van der Waals surface area contributed by atoms with Crippen molar-refractivity contribution in [3.8, 4) is 11.5 Å². The third-order valence-electron chi connectivity index (χ3n) is 7.72. The summed E-state index contributed by atoms with van der Waals surface area (Å²) in [6.45, 7) is 8.85. The average molecular weight is 446 g/mol. The fourth-order valence-corrected chi connectivity index (χ4v) is 6.24. The Bertz CT molecular complexity index is 815. The van der Waals surface area contributed by atoms with Crippen molar-refractivity contribution in [3.63, 3.8) is 0 Å². The van der Waals surface area contributed by atoms with Gasteiger partial charge in [-0.1, -0.05) is 13.8 Å². The van der Waals surface area contributed by atoms with Gasteiger partial charge in [-0.25, -0.2) is 4.79 Å². The maximum absolute atomic E-state index is 11.9. The molecule has 32 heavy (non-hydrogen) atoms. The smallest absolute Gasteiger partial charge is 0.407 e. The van der Waals surface area contributed by atoms with Crippen LogP contribution in [0.4, 0.5) is 4.79 Å². The molecule has 1 aromatic carbocycles. The van der Waals surface area contributed by atoms with Gasteiger partial charge in [-0.05, 0) is 66.7 Å². The number of ether oxygens (including phenoxy) is 2. The summed E-state index contributed by atoms with van der Waals surface area (Å²) in [7, 11) is 3.39. The number of carboxylic acid groups (broad SMARTS) is 1. The van der Waals surface area contributed by atoms with Crippen molar-refractivity contribution in [3.05, 3.63) is 23.3 Å². The summed E-state index contributed by atoms with van der Waals surface area (Å²) in [6, 6.07) is 4.75. The Hall–Kier alpha value is -1.99. The van der Waals surface area contributed by atoms with Crippen LogP contribution in [0, 0.1) is 17.8 Å². The highest BCUT2D eigenvalue weighted by Crippen LogP contribution is 2.47. The van der Waals surface area contributed by atoms with E-state index < -0.39 is 6.09 Å². The Kier molecular flexibility index (Phi) is 7.15. The van der Waals surface area contributed by atoms with Crippen molar-refractivity contribution in [1.29, 1.82) is 0 Å². The normalized spacial score (nSPS) is 28.2. The molecule has 0 saturated carbocycles. The van der Waals surface area contributed by atoms with Gasteiger partial charge in [0, 0.05) is 44.8 Å². The van der Waals surface area contributed by atoms with Gasteiger partial charge < -0.3 is 24.8 Å². The van der Waals surface area contributed by atoms with Crippen molar-refractivity contribution in [2.45, 2.75) is 51.6 Å². The Morgan fingerprint density at radius 3 is 2.62 bits per heavy atom. The maximum atomic E-state index is 11.9. The molecule has 0 spiro atoms. The number of rotatable bonds is 6. The molecule has 4 atom stereocenters. The van der Waals surface area contributed by atoms with Crippen LogP contribution in [-0.2, 0) is 6.42 Å². The summed E-state index contributed by atoms with van der Waals surface area (Å²) < 4.78 is 11.2. The van der Waals surface area contributed by atoms with E-state index in [4.69, 9.17) is 9.47 Å². The Morgan fingerprint density at radius 1 is 1.19 bits per heavy atom. The van der Waals surface area contributed by atoms with Crippen molar-refractivity contribution in [1.82, 2.24) is 15.1 Å². The van der Waals surface area contributed by atoms with Gasteiger partial charge in [0.05, 0.1) is 14.2 Å². The zero-order valence-electron chi connectivity index (χ0n) is 20.0. The predicted octanol–water partition coefficient (Wildman–Crippen LogP) is 3.63. The first kappa shape index (κ1) is 23.2. The molecule has 3 aliphatic rings. The van der Waals surface area contributed by atoms with Crippen LogP contribution in [-0.4, -0.2) is 74.0 Å². The van der Waals surface area contributed by atoms with Gasteiger partial charge in [0.1, 0.15) is 0 Å². The molecular formula is C25H39N3O4.